The van der Waals surface area contributed by atoms with Crippen molar-refractivity contribution in [2.75, 3.05) is 11.1 Å². The maximum atomic E-state index is 12.1. The minimum atomic E-state index is -0.586. The number of nitrogens with zero attached hydrogens (tertiary/aromatic N) is 4. The van der Waals surface area contributed by atoms with E-state index in [0.29, 0.717) is 16.8 Å². The minimum Gasteiger partial charge on any atom is -0.325 e. The molecule has 1 aromatic heterocycles. The zero-order chi connectivity index (χ0) is 18.7. The van der Waals surface area contributed by atoms with Gasteiger partial charge in [0.15, 0.2) is 5.16 Å². The largest absolute Gasteiger partial charge is 0.325 e. The summed E-state index contributed by atoms with van der Waals surface area (Å²) in [6, 6.07) is 4.16. The van der Waals surface area contributed by atoms with Crippen LogP contribution in [0.2, 0.25) is 5.02 Å². The lowest BCUT2D eigenvalue weighted by Gasteiger charge is -2.09. The average Bonchev–Trinajstić information content (AvgIpc) is 3.24. The highest BCUT2D eigenvalue weighted by Crippen LogP contribution is 2.34. The Morgan fingerprint density at radius 2 is 2.15 bits per heavy atom. The molecule has 0 bridgehead atoms. The van der Waals surface area contributed by atoms with E-state index in [9.17, 15) is 14.9 Å². The molecule has 1 N–H and O–H groups in total. The number of nitro groups is 1. The van der Waals surface area contributed by atoms with Crippen molar-refractivity contribution in [3.8, 4) is 0 Å². The van der Waals surface area contributed by atoms with E-state index in [-0.39, 0.29) is 22.4 Å². The van der Waals surface area contributed by atoms with Gasteiger partial charge in [-0.25, -0.2) is 0 Å². The zero-order valence-corrected chi connectivity index (χ0v) is 15.7. The summed E-state index contributed by atoms with van der Waals surface area (Å²) in [6.45, 7) is 0. The van der Waals surface area contributed by atoms with E-state index in [1.165, 1.54) is 42.8 Å². The van der Waals surface area contributed by atoms with E-state index in [1.54, 1.807) is 0 Å². The number of thioether (sulfide) groups is 1. The van der Waals surface area contributed by atoms with Gasteiger partial charge in [-0.2, -0.15) is 0 Å². The molecule has 0 spiro atoms. The van der Waals surface area contributed by atoms with Crippen LogP contribution in [0.5, 0.6) is 0 Å². The first-order valence-electron chi connectivity index (χ1n) is 8.21. The second-order valence-corrected chi connectivity index (χ2v) is 7.49. The van der Waals surface area contributed by atoms with E-state index in [1.807, 2.05) is 11.6 Å². The maximum Gasteiger partial charge on any atom is 0.289 e. The molecule has 0 unspecified atom stereocenters. The fraction of sp³-hybridized carbons (Fsp3) is 0.438. The first-order valence-corrected chi connectivity index (χ1v) is 9.58. The number of carbonyl (C=O) groups excluding carboxylic acids is 1. The zero-order valence-electron chi connectivity index (χ0n) is 14.1. The van der Waals surface area contributed by atoms with Crippen LogP contribution in [0.25, 0.3) is 0 Å². The van der Waals surface area contributed by atoms with Gasteiger partial charge in [0.1, 0.15) is 10.8 Å². The molecule has 138 valence electrons. The van der Waals surface area contributed by atoms with Gasteiger partial charge in [-0.15, -0.1) is 10.2 Å². The van der Waals surface area contributed by atoms with Crippen LogP contribution < -0.4 is 5.32 Å². The molecule has 3 rings (SSSR count). The molecule has 1 amide bonds. The Bertz CT molecular complexity index is 835. The van der Waals surface area contributed by atoms with Crippen LogP contribution in [0.4, 0.5) is 11.4 Å². The SMILES string of the molecule is Cn1c(SCC(=O)Nc2ccc(Cl)c([N+](=O)[O-])c2)nnc1C1CCCC1. The molecular weight excluding hydrogens is 378 g/mol. The second-order valence-electron chi connectivity index (χ2n) is 6.14. The fourth-order valence-corrected chi connectivity index (χ4v) is 3.95. The van der Waals surface area contributed by atoms with Crippen molar-refractivity contribution in [1.29, 1.82) is 0 Å². The summed E-state index contributed by atoms with van der Waals surface area (Å²) in [4.78, 5) is 22.5. The monoisotopic (exact) mass is 395 g/mol. The number of anilines is 1. The third-order valence-electron chi connectivity index (χ3n) is 4.35. The van der Waals surface area contributed by atoms with Gasteiger partial charge in [0.05, 0.1) is 10.7 Å². The van der Waals surface area contributed by atoms with Crippen molar-refractivity contribution in [2.24, 2.45) is 7.05 Å². The van der Waals surface area contributed by atoms with Gasteiger partial charge in [-0.3, -0.25) is 14.9 Å². The number of benzene rings is 1. The Morgan fingerprint density at radius 3 is 2.85 bits per heavy atom. The van der Waals surface area contributed by atoms with Crippen LogP contribution in [0.3, 0.4) is 0 Å². The first-order chi connectivity index (χ1) is 12.5. The highest BCUT2D eigenvalue weighted by Gasteiger charge is 2.23. The summed E-state index contributed by atoms with van der Waals surface area (Å²) in [7, 11) is 1.91. The first kappa shape index (κ1) is 18.7. The molecule has 0 saturated heterocycles. The van der Waals surface area contributed by atoms with Gasteiger partial charge in [0.2, 0.25) is 5.91 Å². The van der Waals surface area contributed by atoms with Crippen molar-refractivity contribution in [2.45, 2.75) is 36.8 Å². The van der Waals surface area contributed by atoms with E-state index in [2.05, 4.69) is 15.5 Å². The predicted octanol–water partition coefficient (Wildman–Crippen LogP) is 3.77. The number of hydrogen-bond donors (Lipinski definition) is 1. The normalized spacial score (nSPS) is 14.5. The molecule has 26 heavy (non-hydrogen) atoms. The summed E-state index contributed by atoms with van der Waals surface area (Å²) in [5.41, 5.74) is 0.0861. The van der Waals surface area contributed by atoms with Crippen LogP contribution in [0.1, 0.15) is 37.4 Å². The molecule has 8 nitrogen and oxygen atoms in total. The standard InChI is InChI=1S/C16H18ClN5O3S/c1-21-15(10-4-2-3-5-10)19-20-16(21)26-9-14(23)18-11-6-7-12(17)13(8-11)22(24)25/h6-8,10H,2-5,9H2,1H3,(H,18,23). The molecule has 1 aliphatic rings. The van der Waals surface area contributed by atoms with Gasteiger partial charge in [-0.05, 0) is 25.0 Å². The van der Waals surface area contributed by atoms with Gasteiger partial charge < -0.3 is 9.88 Å². The topological polar surface area (TPSA) is 103 Å². The maximum absolute atomic E-state index is 12.1. The summed E-state index contributed by atoms with van der Waals surface area (Å²) in [5.74, 6) is 1.27. The number of halogens is 1. The van der Waals surface area contributed by atoms with Crippen molar-refractivity contribution >= 4 is 40.6 Å². The summed E-state index contributed by atoms with van der Waals surface area (Å²) < 4.78 is 1.95. The molecule has 1 fully saturated rings. The molecule has 0 radical (unpaired) electrons. The van der Waals surface area contributed by atoms with Crippen molar-refractivity contribution in [3.05, 3.63) is 39.2 Å². The number of amides is 1. The third-order valence-corrected chi connectivity index (χ3v) is 5.69. The Labute approximate surface area is 159 Å². The lowest BCUT2D eigenvalue weighted by molar-refractivity contribution is -0.384. The van der Waals surface area contributed by atoms with Crippen molar-refractivity contribution < 1.29 is 9.72 Å². The van der Waals surface area contributed by atoms with Crippen LogP contribution in [0.15, 0.2) is 23.4 Å². The smallest absolute Gasteiger partial charge is 0.289 e. The van der Waals surface area contributed by atoms with Gasteiger partial charge in [-0.1, -0.05) is 36.2 Å². The highest BCUT2D eigenvalue weighted by molar-refractivity contribution is 7.99. The van der Waals surface area contributed by atoms with Crippen LogP contribution in [0, 0.1) is 10.1 Å². The van der Waals surface area contributed by atoms with E-state index in [4.69, 9.17) is 11.6 Å². The minimum absolute atomic E-state index is 0.0286. The number of aromatic nitrogens is 3. The number of hydrogen-bond acceptors (Lipinski definition) is 6. The fourth-order valence-electron chi connectivity index (χ4n) is 3.05. The average molecular weight is 396 g/mol. The molecule has 2 aromatic rings. The molecule has 10 heteroatoms. The Balaban J connectivity index is 1.59. The predicted molar refractivity (Wildman–Crippen MR) is 99.7 cm³/mol. The number of carbonyl (C=O) groups is 1. The highest BCUT2D eigenvalue weighted by atomic mass is 35.5. The molecule has 0 aliphatic heterocycles. The van der Waals surface area contributed by atoms with E-state index < -0.39 is 4.92 Å². The van der Waals surface area contributed by atoms with Crippen LogP contribution in [-0.4, -0.2) is 31.3 Å². The molecule has 1 aliphatic carbocycles. The molecule has 1 aromatic carbocycles. The van der Waals surface area contributed by atoms with Gasteiger partial charge >= 0.3 is 0 Å². The van der Waals surface area contributed by atoms with Crippen LogP contribution in [-0.2, 0) is 11.8 Å². The summed E-state index contributed by atoms with van der Waals surface area (Å²) in [6.07, 6.45) is 4.70. The molecule has 1 heterocycles. The van der Waals surface area contributed by atoms with Gasteiger partial charge in [0, 0.05) is 24.7 Å². The Hall–Kier alpha value is -2.13. The molecule has 1 saturated carbocycles. The summed E-state index contributed by atoms with van der Waals surface area (Å²) >= 11 is 7.05. The lowest BCUT2D eigenvalue weighted by Crippen LogP contribution is -2.14. The van der Waals surface area contributed by atoms with Gasteiger partial charge in [0.25, 0.3) is 5.69 Å². The lowest BCUT2D eigenvalue weighted by atomic mass is 10.1. The summed E-state index contributed by atoms with van der Waals surface area (Å²) in [5, 5.41) is 22.7. The number of rotatable bonds is 6. The van der Waals surface area contributed by atoms with Crippen LogP contribution >= 0.6 is 23.4 Å². The Kier molecular flexibility index (Phi) is 5.77. The van der Waals surface area contributed by atoms with E-state index in [0.717, 1.165) is 18.7 Å². The molecule has 0 atom stereocenters. The second kappa shape index (κ2) is 8.05. The molecular formula is C16H18ClN5O3S. The van der Waals surface area contributed by atoms with Crippen molar-refractivity contribution in [1.82, 2.24) is 14.8 Å². The Morgan fingerprint density at radius 1 is 1.42 bits per heavy atom. The third kappa shape index (κ3) is 4.16. The quantitative estimate of drug-likeness (QED) is 0.453. The van der Waals surface area contributed by atoms with E-state index >= 15 is 0 Å². The number of nitrogens with one attached hydrogen (secondary N) is 1. The van der Waals surface area contributed by atoms with Crippen molar-refractivity contribution in [3.63, 3.8) is 0 Å². The number of nitro benzene ring substituents is 1.